The molecule has 0 saturated carbocycles. The number of anilines is 1. The fraction of sp³-hybridized carbons (Fsp3) is 0.0588. The predicted molar refractivity (Wildman–Crippen MR) is 96.8 cm³/mol. The molecule has 0 fully saturated rings. The summed E-state index contributed by atoms with van der Waals surface area (Å²) in [7, 11) is 0. The highest BCUT2D eigenvalue weighted by Crippen LogP contribution is 2.32. The number of Topliss-reactive ketones (excluding diaryl/α,β-unsaturated/α-hetero) is 1. The molecule has 1 aliphatic rings. The number of nitrogens with zero attached hydrogens (tertiary/aromatic N) is 3. The minimum Gasteiger partial charge on any atom is -0.506 e. The fourth-order valence-corrected chi connectivity index (χ4v) is 2.68. The van der Waals surface area contributed by atoms with E-state index in [1.165, 1.54) is 6.92 Å². The summed E-state index contributed by atoms with van der Waals surface area (Å²) in [5.74, 6) is -0.638. The summed E-state index contributed by atoms with van der Waals surface area (Å²) in [6, 6.07) is 9.55. The fourth-order valence-electron chi connectivity index (χ4n) is 2.68. The second-order valence-electron chi connectivity index (χ2n) is 5.62. The van der Waals surface area contributed by atoms with Crippen LogP contribution in [0.3, 0.4) is 0 Å². The third-order valence-electron chi connectivity index (χ3n) is 3.99. The number of aliphatic hydroxyl groups excluding tert-OH is 1. The second kappa shape index (κ2) is 6.67. The maximum absolute atomic E-state index is 12.4. The van der Waals surface area contributed by atoms with E-state index in [4.69, 9.17) is 0 Å². The van der Waals surface area contributed by atoms with Gasteiger partial charge < -0.3 is 5.11 Å². The summed E-state index contributed by atoms with van der Waals surface area (Å²) in [5, 5.41) is 36.1. The lowest BCUT2D eigenvalue weighted by molar-refractivity contribution is -0.393. The number of non-ortho nitro benzene ring substituents is 1. The maximum atomic E-state index is 12.4. The number of allylic oxidation sites excluding steroid dienone is 1. The molecular weight excluding hydrogens is 356 g/mol. The summed E-state index contributed by atoms with van der Waals surface area (Å²) < 4.78 is 0. The lowest BCUT2D eigenvalue weighted by atomic mass is 10.1. The van der Waals surface area contributed by atoms with Gasteiger partial charge in [0.1, 0.15) is 11.4 Å². The van der Waals surface area contributed by atoms with Crippen LogP contribution in [0.1, 0.15) is 22.8 Å². The van der Waals surface area contributed by atoms with E-state index in [-0.39, 0.29) is 22.7 Å². The number of hydrazone groups is 1. The third-order valence-corrected chi connectivity index (χ3v) is 3.99. The molecule has 10 heteroatoms. The molecule has 27 heavy (non-hydrogen) atoms. The average molecular weight is 368 g/mol. The van der Waals surface area contributed by atoms with Crippen molar-refractivity contribution in [3.8, 4) is 0 Å². The van der Waals surface area contributed by atoms with Gasteiger partial charge in [0, 0.05) is 17.2 Å². The van der Waals surface area contributed by atoms with E-state index in [9.17, 15) is 30.1 Å². The van der Waals surface area contributed by atoms with Gasteiger partial charge >= 0.3 is 5.69 Å². The zero-order valence-electron chi connectivity index (χ0n) is 13.9. The largest absolute Gasteiger partial charge is 0.506 e. The molecule has 0 atom stereocenters. The van der Waals surface area contributed by atoms with Crippen molar-refractivity contribution in [2.45, 2.75) is 6.92 Å². The Bertz CT molecular complexity index is 1060. The van der Waals surface area contributed by atoms with Gasteiger partial charge in [-0.25, -0.2) is 0 Å². The molecular formula is C17H12N4O6. The van der Waals surface area contributed by atoms with E-state index >= 15 is 0 Å². The highest BCUT2D eigenvalue weighted by Gasteiger charge is 2.31. The van der Waals surface area contributed by atoms with Crippen LogP contribution in [0.25, 0.3) is 5.76 Å². The van der Waals surface area contributed by atoms with Crippen molar-refractivity contribution in [3.05, 3.63) is 79.4 Å². The third kappa shape index (κ3) is 3.11. The molecule has 0 saturated heterocycles. The Labute approximate surface area is 151 Å². The molecule has 0 aliphatic heterocycles. The van der Waals surface area contributed by atoms with Crippen molar-refractivity contribution in [1.82, 2.24) is 0 Å². The van der Waals surface area contributed by atoms with Crippen molar-refractivity contribution in [3.63, 3.8) is 0 Å². The first-order valence-electron chi connectivity index (χ1n) is 7.62. The van der Waals surface area contributed by atoms with Gasteiger partial charge in [0.15, 0.2) is 5.78 Å². The number of fused-ring (bicyclic) bond motifs is 1. The van der Waals surface area contributed by atoms with Gasteiger partial charge in [0.05, 0.1) is 27.2 Å². The predicted octanol–water partition coefficient (Wildman–Crippen LogP) is 3.46. The van der Waals surface area contributed by atoms with Crippen LogP contribution < -0.4 is 5.43 Å². The topological polar surface area (TPSA) is 148 Å². The van der Waals surface area contributed by atoms with Crippen LogP contribution in [0.4, 0.5) is 17.1 Å². The molecule has 1 aliphatic carbocycles. The first-order chi connectivity index (χ1) is 12.8. The number of ketones is 1. The van der Waals surface area contributed by atoms with Gasteiger partial charge in [-0.2, -0.15) is 5.10 Å². The lowest BCUT2D eigenvalue weighted by Gasteiger charge is -2.05. The van der Waals surface area contributed by atoms with Crippen LogP contribution in [0, 0.1) is 20.2 Å². The molecule has 10 nitrogen and oxygen atoms in total. The molecule has 0 radical (unpaired) electrons. The number of nitro benzene ring substituents is 2. The van der Waals surface area contributed by atoms with E-state index in [1.807, 2.05) is 0 Å². The molecule has 0 spiro atoms. The zero-order valence-corrected chi connectivity index (χ0v) is 13.9. The number of aliphatic hydroxyl groups is 1. The summed E-state index contributed by atoms with van der Waals surface area (Å²) in [6.45, 7) is 1.46. The Kier molecular flexibility index (Phi) is 4.38. The minimum absolute atomic E-state index is 0.0201. The van der Waals surface area contributed by atoms with E-state index < -0.39 is 27.0 Å². The first kappa shape index (κ1) is 17.7. The summed E-state index contributed by atoms with van der Waals surface area (Å²) >= 11 is 0. The second-order valence-corrected chi connectivity index (χ2v) is 5.62. The molecule has 0 amide bonds. The van der Waals surface area contributed by atoms with Gasteiger partial charge in [-0.05, 0) is 13.0 Å². The standard InChI is InChI=1S/C17H12N4O6/c1-9(15-16(22)11-4-2-3-5-12(11)17(15)23)18-19-13-7-6-10(20(24)25)8-14(13)21(26)27/h2-8,19,22H,1H3/b18-9-. The number of hydrogen-bond donors (Lipinski definition) is 2. The lowest BCUT2D eigenvalue weighted by Crippen LogP contribution is -2.10. The molecule has 0 unspecified atom stereocenters. The molecule has 136 valence electrons. The van der Waals surface area contributed by atoms with Crippen molar-refractivity contribution in [2.75, 3.05) is 5.43 Å². The molecule has 2 aromatic rings. The Morgan fingerprint density at radius 2 is 1.74 bits per heavy atom. The number of nitro groups is 2. The smallest absolute Gasteiger partial charge is 0.301 e. The Morgan fingerprint density at radius 3 is 2.33 bits per heavy atom. The van der Waals surface area contributed by atoms with Gasteiger partial charge in [0.25, 0.3) is 5.69 Å². The van der Waals surface area contributed by atoms with E-state index in [0.29, 0.717) is 11.1 Å². The van der Waals surface area contributed by atoms with Crippen molar-refractivity contribution in [1.29, 1.82) is 0 Å². The first-order valence-corrected chi connectivity index (χ1v) is 7.62. The van der Waals surface area contributed by atoms with Crippen molar-refractivity contribution >= 4 is 34.3 Å². The number of rotatable bonds is 5. The van der Waals surface area contributed by atoms with Gasteiger partial charge in [-0.15, -0.1) is 0 Å². The van der Waals surface area contributed by atoms with Crippen molar-refractivity contribution in [2.24, 2.45) is 5.10 Å². The zero-order chi connectivity index (χ0) is 19.7. The average Bonchev–Trinajstić information content (AvgIpc) is 2.90. The Hall–Kier alpha value is -4.08. The van der Waals surface area contributed by atoms with Crippen LogP contribution in [-0.4, -0.2) is 26.4 Å². The number of benzene rings is 2. The number of nitrogens with one attached hydrogen (secondary N) is 1. The van der Waals surface area contributed by atoms with Crippen LogP contribution in [0.15, 0.2) is 53.1 Å². The van der Waals surface area contributed by atoms with E-state index in [2.05, 4.69) is 10.5 Å². The van der Waals surface area contributed by atoms with Crippen LogP contribution in [0.5, 0.6) is 0 Å². The SMILES string of the molecule is C/C(=N/Nc1ccc([N+](=O)[O-])cc1[N+](=O)[O-])C1=C(O)c2ccccc2C1=O. The maximum Gasteiger partial charge on any atom is 0.301 e. The summed E-state index contributed by atoms with van der Waals surface area (Å²) in [6.07, 6.45) is 0. The van der Waals surface area contributed by atoms with Gasteiger partial charge in [-0.1, -0.05) is 24.3 Å². The molecule has 2 N–H and O–H groups in total. The Balaban J connectivity index is 1.93. The monoisotopic (exact) mass is 368 g/mol. The normalized spacial score (nSPS) is 13.5. The molecule has 0 aromatic heterocycles. The van der Waals surface area contributed by atoms with E-state index in [1.54, 1.807) is 24.3 Å². The highest BCUT2D eigenvalue weighted by molar-refractivity contribution is 6.35. The quantitative estimate of drug-likeness (QED) is 0.466. The molecule has 3 rings (SSSR count). The van der Waals surface area contributed by atoms with Gasteiger partial charge in [0.2, 0.25) is 0 Å². The van der Waals surface area contributed by atoms with Crippen LogP contribution in [-0.2, 0) is 0 Å². The molecule has 0 heterocycles. The highest BCUT2D eigenvalue weighted by atomic mass is 16.6. The molecule has 2 aromatic carbocycles. The summed E-state index contributed by atoms with van der Waals surface area (Å²) in [5.41, 5.74) is 2.17. The number of carbonyl (C=O) groups excluding carboxylic acids is 1. The van der Waals surface area contributed by atoms with E-state index in [0.717, 1.165) is 18.2 Å². The van der Waals surface area contributed by atoms with Crippen LogP contribution in [0.2, 0.25) is 0 Å². The Morgan fingerprint density at radius 1 is 1.07 bits per heavy atom. The summed E-state index contributed by atoms with van der Waals surface area (Å²) in [4.78, 5) is 32.8. The van der Waals surface area contributed by atoms with Crippen molar-refractivity contribution < 1.29 is 19.7 Å². The number of carbonyl (C=O) groups is 1. The number of hydrogen-bond acceptors (Lipinski definition) is 8. The minimum atomic E-state index is -0.784. The van der Waals surface area contributed by atoms with Gasteiger partial charge in [-0.3, -0.25) is 30.4 Å². The molecule has 0 bridgehead atoms. The van der Waals surface area contributed by atoms with Crippen LogP contribution >= 0.6 is 0 Å².